The Morgan fingerprint density at radius 1 is 1.17 bits per heavy atom. The summed E-state index contributed by atoms with van der Waals surface area (Å²) in [5, 5.41) is 3.71. The van der Waals surface area contributed by atoms with Gasteiger partial charge in [0.1, 0.15) is 0 Å². The molecule has 0 amide bonds. The third-order valence-corrected chi connectivity index (χ3v) is 3.59. The van der Waals surface area contributed by atoms with Crippen molar-refractivity contribution in [3.8, 4) is 0 Å². The zero-order chi connectivity index (χ0) is 13.4. The molecule has 0 aliphatic heterocycles. The zero-order valence-corrected chi connectivity index (χ0v) is 12.5. The third-order valence-electron chi connectivity index (χ3n) is 3.59. The summed E-state index contributed by atoms with van der Waals surface area (Å²) in [6, 6.07) is 10.8. The normalized spacial score (nSPS) is 13.6. The van der Waals surface area contributed by atoms with Gasteiger partial charge >= 0.3 is 0 Å². The second-order valence-corrected chi connectivity index (χ2v) is 6.14. The summed E-state index contributed by atoms with van der Waals surface area (Å²) < 4.78 is 0. The molecule has 1 N–H and O–H groups in total. The van der Waals surface area contributed by atoms with Crippen LogP contribution in [0.4, 0.5) is 0 Å². The Hall–Kier alpha value is -0.820. The fourth-order valence-electron chi connectivity index (χ4n) is 2.24. The quantitative estimate of drug-likeness (QED) is 0.717. The van der Waals surface area contributed by atoms with Gasteiger partial charge in [-0.15, -0.1) is 0 Å². The summed E-state index contributed by atoms with van der Waals surface area (Å²) in [5.74, 6) is 0.783. The Bertz CT molecular complexity index is 316. The molecular weight excluding hydrogens is 218 g/mol. The molecule has 1 aromatic carbocycles. The minimum atomic E-state index is 0.234. The van der Waals surface area contributed by atoms with E-state index in [1.54, 1.807) is 0 Å². The number of rotatable bonds is 8. The standard InChI is InChI=1S/C17H29N/c1-5-9-15(2)14-18-17(3,4)13-12-16-10-7-6-8-11-16/h6-8,10-11,15,18H,5,9,12-14H2,1-4H3. The summed E-state index contributed by atoms with van der Waals surface area (Å²) in [4.78, 5) is 0. The van der Waals surface area contributed by atoms with E-state index < -0.39 is 0 Å². The SMILES string of the molecule is CCCC(C)CNC(C)(C)CCc1ccccc1. The third kappa shape index (κ3) is 6.20. The molecule has 0 saturated carbocycles. The highest BCUT2D eigenvalue weighted by Crippen LogP contribution is 2.14. The Balaban J connectivity index is 2.31. The van der Waals surface area contributed by atoms with E-state index in [9.17, 15) is 0 Å². The van der Waals surface area contributed by atoms with Crippen LogP contribution in [0.2, 0.25) is 0 Å². The molecule has 0 aromatic heterocycles. The van der Waals surface area contributed by atoms with Crippen molar-refractivity contribution in [3.05, 3.63) is 35.9 Å². The minimum Gasteiger partial charge on any atom is -0.312 e. The smallest absolute Gasteiger partial charge is 0.0128 e. The first-order chi connectivity index (χ1) is 8.53. The first kappa shape index (κ1) is 15.2. The Kier molecular flexibility index (Phi) is 6.42. The van der Waals surface area contributed by atoms with E-state index >= 15 is 0 Å². The predicted octanol–water partition coefficient (Wildman–Crippen LogP) is 4.42. The van der Waals surface area contributed by atoms with E-state index in [1.165, 1.54) is 24.8 Å². The minimum absolute atomic E-state index is 0.234. The number of aryl methyl sites for hydroxylation is 1. The van der Waals surface area contributed by atoms with E-state index in [0.717, 1.165) is 18.9 Å². The second-order valence-electron chi connectivity index (χ2n) is 6.14. The molecule has 18 heavy (non-hydrogen) atoms. The van der Waals surface area contributed by atoms with Crippen molar-refractivity contribution in [1.29, 1.82) is 0 Å². The van der Waals surface area contributed by atoms with E-state index in [1.807, 2.05) is 0 Å². The Morgan fingerprint density at radius 2 is 1.83 bits per heavy atom. The molecule has 0 saturated heterocycles. The Labute approximate surface area is 113 Å². The van der Waals surface area contributed by atoms with Gasteiger partial charge in [-0.3, -0.25) is 0 Å². The highest BCUT2D eigenvalue weighted by molar-refractivity contribution is 5.15. The van der Waals surface area contributed by atoms with Gasteiger partial charge in [0, 0.05) is 5.54 Å². The number of hydrogen-bond donors (Lipinski definition) is 1. The van der Waals surface area contributed by atoms with Crippen LogP contribution >= 0.6 is 0 Å². The molecule has 0 fully saturated rings. The molecule has 0 aliphatic rings. The van der Waals surface area contributed by atoms with Gasteiger partial charge in [-0.1, -0.05) is 50.6 Å². The fraction of sp³-hybridized carbons (Fsp3) is 0.647. The van der Waals surface area contributed by atoms with Crippen molar-refractivity contribution in [2.45, 2.75) is 58.9 Å². The average Bonchev–Trinajstić information content (AvgIpc) is 2.36. The van der Waals surface area contributed by atoms with Crippen LogP contribution in [0.5, 0.6) is 0 Å². The summed E-state index contributed by atoms with van der Waals surface area (Å²) >= 11 is 0. The number of nitrogens with one attached hydrogen (secondary N) is 1. The monoisotopic (exact) mass is 247 g/mol. The summed E-state index contributed by atoms with van der Waals surface area (Å²) in [5.41, 5.74) is 1.67. The van der Waals surface area contributed by atoms with Crippen LogP contribution in [-0.4, -0.2) is 12.1 Å². The highest BCUT2D eigenvalue weighted by Gasteiger charge is 2.17. The van der Waals surface area contributed by atoms with Crippen LogP contribution in [-0.2, 0) is 6.42 Å². The van der Waals surface area contributed by atoms with Crippen LogP contribution in [0.25, 0.3) is 0 Å². The van der Waals surface area contributed by atoms with Crippen molar-refractivity contribution in [3.63, 3.8) is 0 Å². The second kappa shape index (κ2) is 7.58. The van der Waals surface area contributed by atoms with Gasteiger partial charge < -0.3 is 5.32 Å². The molecule has 1 unspecified atom stereocenters. The average molecular weight is 247 g/mol. The molecule has 1 rings (SSSR count). The Morgan fingerprint density at radius 3 is 2.44 bits per heavy atom. The van der Waals surface area contributed by atoms with Crippen LogP contribution in [0.15, 0.2) is 30.3 Å². The molecule has 0 radical (unpaired) electrons. The summed E-state index contributed by atoms with van der Waals surface area (Å²) in [6.45, 7) is 10.4. The van der Waals surface area contributed by atoms with Gasteiger partial charge in [-0.25, -0.2) is 0 Å². The van der Waals surface area contributed by atoms with E-state index in [4.69, 9.17) is 0 Å². The lowest BCUT2D eigenvalue weighted by molar-refractivity contribution is 0.328. The van der Waals surface area contributed by atoms with Crippen LogP contribution in [0.1, 0.15) is 52.5 Å². The molecule has 0 bridgehead atoms. The van der Waals surface area contributed by atoms with Crippen molar-refractivity contribution >= 4 is 0 Å². The molecule has 0 heterocycles. The molecule has 102 valence electrons. The van der Waals surface area contributed by atoms with Crippen molar-refractivity contribution in [2.75, 3.05) is 6.54 Å². The zero-order valence-electron chi connectivity index (χ0n) is 12.5. The van der Waals surface area contributed by atoms with Gasteiger partial charge in [0.05, 0.1) is 0 Å². The van der Waals surface area contributed by atoms with Gasteiger partial charge in [-0.2, -0.15) is 0 Å². The van der Waals surface area contributed by atoms with Crippen molar-refractivity contribution in [1.82, 2.24) is 5.32 Å². The van der Waals surface area contributed by atoms with Crippen LogP contribution in [0, 0.1) is 5.92 Å². The maximum Gasteiger partial charge on any atom is 0.0128 e. The molecule has 1 heteroatoms. The molecular formula is C17H29N. The first-order valence-corrected chi connectivity index (χ1v) is 7.32. The molecule has 1 atom stereocenters. The van der Waals surface area contributed by atoms with Gasteiger partial charge in [-0.05, 0) is 51.1 Å². The lowest BCUT2D eigenvalue weighted by Gasteiger charge is -2.28. The fourth-order valence-corrected chi connectivity index (χ4v) is 2.24. The van der Waals surface area contributed by atoms with Crippen molar-refractivity contribution in [2.24, 2.45) is 5.92 Å². The van der Waals surface area contributed by atoms with E-state index in [-0.39, 0.29) is 5.54 Å². The summed E-state index contributed by atoms with van der Waals surface area (Å²) in [6.07, 6.45) is 4.95. The van der Waals surface area contributed by atoms with E-state index in [2.05, 4.69) is 63.3 Å². The van der Waals surface area contributed by atoms with E-state index in [0.29, 0.717) is 0 Å². The van der Waals surface area contributed by atoms with Gasteiger partial charge in [0.2, 0.25) is 0 Å². The molecule has 1 nitrogen and oxygen atoms in total. The van der Waals surface area contributed by atoms with Crippen molar-refractivity contribution < 1.29 is 0 Å². The predicted molar refractivity (Wildman–Crippen MR) is 80.9 cm³/mol. The maximum atomic E-state index is 3.71. The molecule has 0 spiro atoms. The van der Waals surface area contributed by atoms with Crippen LogP contribution in [0.3, 0.4) is 0 Å². The lowest BCUT2D eigenvalue weighted by atomic mass is 9.94. The molecule has 0 aliphatic carbocycles. The summed E-state index contributed by atoms with van der Waals surface area (Å²) in [7, 11) is 0. The van der Waals surface area contributed by atoms with Gasteiger partial charge in [0.25, 0.3) is 0 Å². The largest absolute Gasteiger partial charge is 0.312 e. The topological polar surface area (TPSA) is 12.0 Å². The number of hydrogen-bond acceptors (Lipinski definition) is 1. The highest BCUT2D eigenvalue weighted by atomic mass is 15.0. The lowest BCUT2D eigenvalue weighted by Crippen LogP contribution is -2.42. The van der Waals surface area contributed by atoms with Crippen LogP contribution < -0.4 is 5.32 Å². The van der Waals surface area contributed by atoms with Gasteiger partial charge in [0.15, 0.2) is 0 Å². The molecule has 1 aromatic rings. The first-order valence-electron chi connectivity index (χ1n) is 7.32. The number of benzene rings is 1. The maximum absolute atomic E-state index is 3.71.